The average molecular weight is 226 g/mol. The van der Waals surface area contributed by atoms with E-state index in [-0.39, 0.29) is 0 Å². The molecule has 1 fully saturated rings. The first kappa shape index (κ1) is 14.0. The van der Waals surface area contributed by atoms with E-state index in [1.807, 2.05) is 0 Å². The Labute approximate surface area is 101 Å². The lowest BCUT2D eigenvalue weighted by Crippen LogP contribution is -2.46. The number of hydrogen-bond acceptors (Lipinski definition) is 2. The molecular formula is C14H30N2. The van der Waals surface area contributed by atoms with Crippen LogP contribution in [0, 0.1) is 11.8 Å². The molecule has 1 aliphatic rings. The van der Waals surface area contributed by atoms with E-state index in [1.54, 1.807) is 0 Å². The normalized spacial score (nSPS) is 20.2. The van der Waals surface area contributed by atoms with E-state index >= 15 is 0 Å². The monoisotopic (exact) mass is 226 g/mol. The summed E-state index contributed by atoms with van der Waals surface area (Å²) in [4.78, 5) is 0. The standard InChI is InChI=1S/C14H30N2/c1-3-8-12(9-4-2)14(16-15)13-10-6-5-7-11-13/h12-14,16H,3-11,15H2,1-2H3. The molecule has 0 spiro atoms. The van der Waals surface area contributed by atoms with E-state index in [9.17, 15) is 0 Å². The van der Waals surface area contributed by atoms with Crippen LogP contribution in [0.3, 0.4) is 0 Å². The summed E-state index contributed by atoms with van der Waals surface area (Å²) in [5, 5.41) is 0. The summed E-state index contributed by atoms with van der Waals surface area (Å²) in [5.41, 5.74) is 3.14. The molecule has 1 unspecified atom stereocenters. The molecule has 2 nitrogen and oxygen atoms in total. The fourth-order valence-corrected chi connectivity index (χ4v) is 3.40. The van der Waals surface area contributed by atoms with Crippen molar-refractivity contribution in [3.63, 3.8) is 0 Å². The summed E-state index contributed by atoms with van der Waals surface area (Å²) in [6, 6.07) is 0.570. The highest BCUT2D eigenvalue weighted by Gasteiger charge is 2.28. The lowest BCUT2D eigenvalue weighted by molar-refractivity contribution is 0.190. The molecule has 0 amide bonds. The molecule has 96 valence electrons. The van der Waals surface area contributed by atoms with E-state index in [4.69, 9.17) is 5.84 Å². The van der Waals surface area contributed by atoms with Gasteiger partial charge in [-0.15, -0.1) is 0 Å². The Hall–Kier alpha value is -0.0800. The van der Waals surface area contributed by atoms with E-state index in [0.29, 0.717) is 6.04 Å². The SMILES string of the molecule is CCCC(CCC)C(NN)C1CCCCC1. The van der Waals surface area contributed by atoms with Crippen molar-refractivity contribution in [1.29, 1.82) is 0 Å². The number of nitrogens with two attached hydrogens (primary N) is 1. The van der Waals surface area contributed by atoms with Gasteiger partial charge < -0.3 is 0 Å². The van der Waals surface area contributed by atoms with Crippen LogP contribution in [0.4, 0.5) is 0 Å². The fraction of sp³-hybridized carbons (Fsp3) is 1.00. The van der Waals surface area contributed by atoms with Crippen LogP contribution in [-0.2, 0) is 0 Å². The second kappa shape index (κ2) is 8.08. The van der Waals surface area contributed by atoms with E-state index < -0.39 is 0 Å². The summed E-state index contributed by atoms with van der Waals surface area (Å²) in [5.74, 6) is 7.44. The van der Waals surface area contributed by atoms with Gasteiger partial charge >= 0.3 is 0 Å². The van der Waals surface area contributed by atoms with Crippen LogP contribution in [0.2, 0.25) is 0 Å². The van der Waals surface area contributed by atoms with E-state index in [0.717, 1.165) is 11.8 Å². The minimum Gasteiger partial charge on any atom is -0.271 e. The molecule has 0 heterocycles. The fourth-order valence-electron chi connectivity index (χ4n) is 3.40. The first-order valence-electron chi connectivity index (χ1n) is 7.29. The molecule has 0 saturated heterocycles. The molecule has 1 rings (SSSR count). The topological polar surface area (TPSA) is 38.0 Å². The van der Waals surface area contributed by atoms with Crippen LogP contribution in [0.5, 0.6) is 0 Å². The Morgan fingerprint density at radius 1 is 1.06 bits per heavy atom. The van der Waals surface area contributed by atoms with Crippen LogP contribution in [-0.4, -0.2) is 6.04 Å². The third-order valence-corrected chi connectivity index (χ3v) is 4.18. The second-order valence-electron chi connectivity index (χ2n) is 5.43. The average Bonchev–Trinajstić information content (AvgIpc) is 2.32. The van der Waals surface area contributed by atoms with Gasteiger partial charge in [-0.1, -0.05) is 46.0 Å². The zero-order valence-corrected chi connectivity index (χ0v) is 11.2. The largest absolute Gasteiger partial charge is 0.271 e. The zero-order chi connectivity index (χ0) is 11.8. The minimum atomic E-state index is 0.570. The van der Waals surface area contributed by atoms with Gasteiger partial charge in [-0.3, -0.25) is 11.3 Å². The van der Waals surface area contributed by atoms with Gasteiger partial charge in [-0.25, -0.2) is 0 Å². The third-order valence-electron chi connectivity index (χ3n) is 4.18. The molecule has 3 N–H and O–H groups in total. The molecule has 0 aromatic heterocycles. The van der Waals surface area contributed by atoms with E-state index in [1.165, 1.54) is 57.8 Å². The maximum absolute atomic E-state index is 5.82. The van der Waals surface area contributed by atoms with Gasteiger partial charge in [0.25, 0.3) is 0 Å². The summed E-state index contributed by atoms with van der Waals surface area (Å²) in [6.45, 7) is 4.58. The van der Waals surface area contributed by atoms with Crippen molar-refractivity contribution in [3.8, 4) is 0 Å². The number of nitrogens with one attached hydrogen (secondary N) is 1. The van der Waals surface area contributed by atoms with Crippen LogP contribution >= 0.6 is 0 Å². The second-order valence-corrected chi connectivity index (χ2v) is 5.43. The van der Waals surface area contributed by atoms with Gasteiger partial charge in [0.1, 0.15) is 0 Å². The number of hydrazine groups is 1. The highest BCUT2D eigenvalue weighted by Crippen LogP contribution is 2.32. The van der Waals surface area contributed by atoms with Gasteiger partial charge in [-0.2, -0.15) is 0 Å². The molecule has 0 aromatic carbocycles. The molecule has 0 radical (unpaired) electrons. The molecule has 0 bridgehead atoms. The van der Waals surface area contributed by atoms with Crippen molar-refractivity contribution in [2.75, 3.05) is 0 Å². The van der Waals surface area contributed by atoms with Crippen LogP contribution in [0.1, 0.15) is 71.6 Å². The van der Waals surface area contributed by atoms with Crippen LogP contribution < -0.4 is 11.3 Å². The summed E-state index contributed by atoms with van der Waals surface area (Å²) in [7, 11) is 0. The molecule has 1 atom stereocenters. The summed E-state index contributed by atoms with van der Waals surface area (Å²) < 4.78 is 0. The van der Waals surface area contributed by atoms with Crippen molar-refractivity contribution >= 4 is 0 Å². The maximum atomic E-state index is 5.82. The molecule has 1 saturated carbocycles. The van der Waals surface area contributed by atoms with Crippen molar-refractivity contribution in [2.24, 2.45) is 17.7 Å². The lowest BCUT2D eigenvalue weighted by Gasteiger charge is -2.35. The Morgan fingerprint density at radius 3 is 2.06 bits per heavy atom. The lowest BCUT2D eigenvalue weighted by atomic mass is 9.76. The van der Waals surface area contributed by atoms with Crippen molar-refractivity contribution in [3.05, 3.63) is 0 Å². The first-order valence-corrected chi connectivity index (χ1v) is 7.29. The van der Waals surface area contributed by atoms with Crippen molar-refractivity contribution in [2.45, 2.75) is 77.7 Å². The van der Waals surface area contributed by atoms with Gasteiger partial charge in [0, 0.05) is 6.04 Å². The van der Waals surface area contributed by atoms with Crippen molar-refractivity contribution in [1.82, 2.24) is 5.43 Å². The van der Waals surface area contributed by atoms with Gasteiger partial charge in [0.05, 0.1) is 0 Å². The molecule has 0 aliphatic heterocycles. The summed E-state index contributed by atoms with van der Waals surface area (Å²) >= 11 is 0. The highest BCUT2D eigenvalue weighted by molar-refractivity contribution is 4.83. The molecule has 2 heteroatoms. The zero-order valence-electron chi connectivity index (χ0n) is 11.2. The van der Waals surface area contributed by atoms with Gasteiger partial charge in [0.15, 0.2) is 0 Å². The van der Waals surface area contributed by atoms with E-state index in [2.05, 4.69) is 19.3 Å². The predicted molar refractivity (Wildman–Crippen MR) is 71.0 cm³/mol. The Morgan fingerprint density at radius 2 is 1.62 bits per heavy atom. The van der Waals surface area contributed by atoms with Crippen LogP contribution in [0.15, 0.2) is 0 Å². The molecule has 0 aromatic rings. The predicted octanol–water partition coefficient (Wildman–Crippen LogP) is 3.62. The molecule has 1 aliphatic carbocycles. The Bertz CT molecular complexity index is 158. The third kappa shape index (κ3) is 4.06. The Kier molecular flexibility index (Phi) is 7.06. The van der Waals surface area contributed by atoms with Gasteiger partial charge in [-0.05, 0) is 37.5 Å². The minimum absolute atomic E-state index is 0.570. The van der Waals surface area contributed by atoms with Crippen LogP contribution in [0.25, 0.3) is 0 Å². The number of hydrogen-bond donors (Lipinski definition) is 2. The maximum Gasteiger partial charge on any atom is 0.0266 e. The Balaban J connectivity index is 2.52. The van der Waals surface area contributed by atoms with Gasteiger partial charge in [0.2, 0.25) is 0 Å². The molecule has 16 heavy (non-hydrogen) atoms. The quantitative estimate of drug-likeness (QED) is 0.514. The molecular weight excluding hydrogens is 196 g/mol. The number of rotatable bonds is 7. The first-order chi connectivity index (χ1) is 7.83. The smallest absolute Gasteiger partial charge is 0.0266 e. The highest BCUT2D eigenvalue weighted by atomic mass is 15.2. The van der Waals surface area contributed by atoms with Crippen molar-refractivity contribution < 1.29 is 0 Å². The summed E-state index contributed by atoms with van der Waals surface area (Å²) in [6.07, 6.45) is 12.3.